The number of nitrogens with zero attached hydrogens (tertiary/aromatic N) is 4. The average molecular weight is 550 g/mol. The first-order valence-electron chi connectivity index (χ1n) is 9.96. The molecule has 0 fully saturated rings. The molecule has 1 atom stereocenters. The van der Waals surface area contributed by atoms with Crippen molar-refractivity contribution in [1.82, 2.24) is 20.1 Å². The molecule has 0 aliphatic rings. The largest absolute Gasteiger partial charge is 0.451 e. The number of halogens is 5. The molecule has 0 saturated heterocycles. The molecule has 3 aromatic heterocycles. The number of aliphatic imine (C=N–C) groups is 1. The van der Waals surface area contributed by atoms with E-state index in [2.05, 4.69) is 41.0 Å². The van der Waals surface area contributed by atoms with Gasteiger partial charge in [-0.1, -0.05) is 17.3 Å². The third-order valence-corrected chi connectivity index (χ3v) is 5.98. The first-order chi connectivity index (χ1) is 16.6. The summed E-state index contributed by atoms with van der Waals surface area (Å²) in [5.74, 6) is -1.92. The third-order valence-electron chi connectivity index (χ3n) is 5.16. The normalized spacial score (nSPS) is 13.1. The van der Waals surface area contributed by atoms with Gasteiger partial charge in [0, 0.05) is 45.3 Å². The van der Waals surface area contributed by atoms with Gasteiger partial charge in [0.15, 0.2) is 0 Å². The van der Waals surface area contributed by atoms with Crippen molar-refractivity contribution in [2.75, 3.05) is 0 Å². The number of H-pyrrole nitrogens is 1. The van der Waals surface area contributed by atoms with Gasteiger partial charge in [0.2, 0.25) is 5.82 Å². The molecule has 35 heavy (non-hydrogen) atoms. The van der Waals surface area contributed by atoms with E-state index in [9.17, 15) is 17.6 Å². The molecule has 0 aliphatic heterocycles. The number of aromatic amines is 1. The van der Waals surface area contributed by atoms with E-state index >= 15 is 0 Å². The van der Waals surface area contributed by atoms with Crippen LogP contribution in [0.25, 0.3) is 22.4 Å². The Kier molecular flexibility index (Phi) is 6.52. The van der Waals surface area contributed by atoms with Crippen LogP contribution in [-0.4, -0.2) is 32.3 Å². The number of benzene rings is 1. The van der Waals surface area contributed by atoms with Crippen molar-refractivity contribution >= 4 is 28.1 Å². The van der Waals surface area contributed by atoms with Crippen molar-refractivity contribution in [2.45, 2.75) is 19.0 Å². The molecule has 4 N–H and O–H groups in total. The molecular weight excluding hydrogens is 534 g/mol. The highest BCUT2D eigenvalue weighted by atomic mass is 79.9. The lowest BCUT2D eigenvalue weighted by Crippen LogP contribution is -2.15. The van der Waals surface area contributed by atoms with Crippen molar-refractivity contribution in [2.24, 2.45) is 10.7 Å². The summed E-state index contributed by atoms with van der Waals surface area (Å²) in [6, 6.07) is 7.71. The molecule has 3 heterocycles. The Balaban J connectivity index is 1.79. The highest BCUT2D eigenvalue weighted by Crippen LogP contribution is 2.40. The molecule has 0 saturated carbocycles. The highest BCUT2D eigenvalue weighted by Gasteiger charge is 2.35. The zero-order valence-electron chi connectivity index (χ0n) is 17.9. The van der Waals surface area contributed by atoms with E-state index in [1.165, 1.54) is 6.07 Å². The van der Waals surface area contributed by atoms with Gasteiger partial charge in [-0.3, -0.25) is 5.41 Å². The lowest BCUT2D eigenvalue weighted by Gasteiger charge is -2.08. The predicted molar refractivity (Wildman–Crippen MR) is 123 cm³/mol. The van der Waals surface area contributed by atoms with Crippen LogP contribution in [0.2, 0.25) is 0 Å². The van der Waals surface area contributed by atoms with Crippen LogP contribution < -0.4 is 5.73 Å². The number of nitrogens with one attached hydrogen (secondary N) is 2. The quantitative estimate of drug-likeness (QED) is 0.166. The Labute approximate surface area is 203 Å². The van der Waals surface area contributed by atoms with Crippen molar-refractivity contribution in [3.63, 3.8) is 0 Å². The van der Waals surface area contributed by atoms with Crippen LogP contribution in [0, 0.1) is 11.2 Å². The van der Waals surface area contributed by atoms with Crippen molar-refractivity contribution in [1.29, 1.82) is 5.41 Å². The van der Waals surface area contributed by atoms with E-state index in [1.54, 1.807) is 31.2 Å². The number of hydrogen-bond donors (Lipinski definition) is 3. The van der Waals surface area contributed by atoms with Gasteiger partial charge in [0.1, 0.15) is 29.4 Å². The molecular formula is C22H16BrF4N7O. The molecule has 4 aromatic rings. The smallest absolute Gasteiger partial charge is 0.382 e. The van der Waals surface area contributed by atoms with E-state index in [-0.39, 0.29) is 22.7 Å². The molecule has 8 nitrogen and oxygen atoms in total. The summed E-state index contributed by atoms with van der Waals surface area (Å²) < 4.78 is 58.8. The first kappa shape index (κ1) is 24.3. The molecule has 0 radical (unpaired) electrons. The van der Waals surface area contributed by atoms with E-state index in [4.69, 9.17) is 15.7 Å². The lowest BCUT2D eigenvalue weighted by atomic mass is 10.0. The minimum Gasteiger partial charge on any atom is -0.382 e. The molecule has 0 bridgehead atoms. The molecule has 4 rings (SSSR count). The zero-order chi connectivity index (χ0) is 25.3. The summed E-state index contributed by atoms with van der Waals surface area (Å²) in [6.07, 6.45) is -1.93. The standard InChI is InChI=1S/C22H16BrF4N7O/c1-10(15-6-14(34-35-15)12-4-2-3-5-13(12)24)18-17(23)16(19(33-18)20(29)32-9-28)11-7-30-21(31-8-11)22(25,26)27/h2-10,33H,1H3,(H3,28,29,32). The summed E-state index contributed by atoms with van der Waals surface area (Å²) in [6.45, 7) is 1.78. The Morgan fingerprint density at radius 2 is 1.94 bits per heavy atom. The van der Waals surface area contributed by atoms with Gasteiger partial charge in [-0.05, 0) is 35.0 Å². The molecule has 0 spiro atoms. The van der Waals surface area contributed by atoms with Crippen LogP contribution in [0.15, 0.2) is 56.7 Å². The third kappa shape index (κ3) is 4.71. The monoisotopic (exact) mass is 549 g/mol. The van der Waals surface area contributed by atoms with E-state index < -0.39 is 23.7 Å². The fourth-order valence-corrected chi connectivity index (χ4v) is 4.30. The second-order valence-corrected chi connectivity index (χ2v) is 8.15. The lowest BCUT2D eigenvalue weighted by molar-refractivity contribution is -0.144. The number of alkyl halides is 3. The van der Waals surface area contributed by atoms with Crippen LogP contribution in [0.5, 0.6) is 0 Å². The first-order valence-corrected chi connectivity index (χ1v) is 10.8. The minimum atomic E-state index is -4.70. The number of nitrogens with two attached hydrogens (primary N) is 1. The Morgan fingerprint density at radius 3 is 2.57 bits per heavy atom. The summed E-state index contributed by atoms with van der Waals surface area (Å²) in [5.41, 5.74) is 7.91. The van der Waals surface area contributed by atoms with Gasteiger partial charge in [0.05, 0.1) is 11.6 Å². The minimum absolute atomic E-state index is 0.0846. The highest BCUT2D eigenvalue weighted by molar-refractivity contribution is 9.10. The fourth-order valence-electron chi connectivity index (χ4n) is 3.43. The molecule has 1 unspecified atom stereocenters. The maximum Gasteiger partial charge on any atom is 0.451 e. The molecule has 1 aromatic carbocycles. The number of amidine groups is 1. The summed E-state index contributed by atoms with van der Waals surface area (Å²) in [7, 11) is 0. The van der Waals surface area contributed by atoms with Crippen LogP contribution >= 0.6 is 15.9 Å². The van der Waals surface area contributed by atoms with Gasteiger partial charge in [-0.2, -0.15) is 13.2 Å². The number of aromatic nitrogens is 4. The van der Waals surface area contributed by atoms with Crippen molar-refractivity contribution in [3.05, 3.63) is 76.0 Å². The van der Waals surface area contributed by atoms with Crippen molar-refractivity contribution in [3.8, 4) is 22.4 Å². The molecule has 0 amide bonds. The van der Waals surface area contributed by atoms with Gasteiger partial charge in [0.25, 0.3) is 0 Å². The van der Waals surface area contributed by atoms with E-state index in [1.807, 2.05) is 0 Å². The Hall–Kier alpha value is -3.87. The second kappa shape index (κ2) is 9.41. The Bertz CT molecular complexity index is 1410. The fraction of sp³-hybridized carbons (Fsp3) is 0.136. The molecule has 180 valence electrons. The second-order valence-electron chi connectivity index (χ2n) is 7.36. The Morgan fingerprint density at radius 1 is 1.26 bits per heavy atom. The topological polar surface area (TPSA) is 130 Å². The SMILES string of the molecule is CC(c1cc(-c2ccccc2F)no1)c1[nH]c(C(N)=NC=N)c(-c2cnc(C(F)(F)F)nc2)c1Br. The van der Waals surface area contributed by atoms with Crippen LogP contribution in [0.4, 0.5) is 17.6 Å². The van der Waals surface area contributed by atoms with Gasteiger partial charge in [-0.15, -0.1) is 0 Å². The van der Waals surface area contributed by atoms with Crippen LogP contribution in [-0.2, 0) is 6.18 Å². The average Bonchev–Trinajstić information content (AvgIpc) is 3.44. The zero-order valence-corrected chi connectivity index (χ0v) is 19.4. The van der Waals surface area contributed by atoms with Gasteiger partial charge < -0.3 is 15.2 Å². The maximum absolute atomic E-state index is 14.2. The number of hydrogen-bond acceptors (Lipinski definition) is 5. The summed E-state index contributed by atoms with van der Waals surface area (Å²) in [4.78, 5) is 13.7. The summed E-state index contributed by atoms with van der Waals surface area (Å²) >= 11 is 3.48. The maximum atomic E-state index is 14.2. The van der Waals surface area contributed by atoms with Crippen LogP contribution in [0.3, 0.4) is 0 Å². The summed E-state index contributed by atoms with van der Waals surface area (Å²) in [5, 5.41) is 11.2. The van der Waals surface area contributed by atoms with Crippen molar-refractivity contribution < 1.29 is 22.1 Å². The van der Waals surface area contributed by atoms with Crippen LogP contribution in [0.1, 0.15) is 35.8 Å². The molecule has 13 heteroatoms. The van der Waals surface area contributed by atoms with Gasteiger partial charge >= 0.3 is 6.18 Å². The van der Waals surface area contributed by atoms with E-state index in [0.29, 0.717) is 27.2 Å². The molecule has 0 aliphatic carbocycles. The van der Waals surface area contributed by atoms with Gasteiger partial charge in [-0.25, -0.2) is 19.4 Å². The van der Waals surface area contributed by atoms with E-state index in [0.717, 1.165) is 18.7 Å². The predicted octanol–water partition coefficient (Wildman–Crippen LogP) is 5.51. The number of rotatable bonds is 6.